The lowest BCUT2D eigenvalue weighted by Gasteiger charge is -2.30. The monoisotopic (exact) mass is 348 g/mol. The van der Waals surface area contributed by atoms with Crippen LogP contribution >= 0.6 is 0 Å². The minimum absolute atomic E-state index is 0.227. The second-order valence-corrected chi connectivity index (χ2v) is 13.2. The molecular formula is C15H32N2O5Si. The fourth-order valence-corrected chi connectivity index (χ4v) is 2.69. The molecule has 0 aliphatic rings. The van der Waals surface area contributed by atoms with Crippen molar-refractivity contribution < 1.29 is 24.2 Å². The summed E-state index contributed by atoms with van der Waals surface area (Å²) < 4.78 is 10.6. The first-order valence-electron chi connectivity index (χ1n) is 7.79. The maximum atomic E-state index is 12.0. The molecule has 2 N–H and O–H groups in total. The Kier molecular flexibility index (Phi) is 8.61. The predicted octanol–water partition coefficient (Wildman–Crippen LogP) is 2.84. The normalized spacial score (nSPS) is 13.3. The fourth-order valence-electron chi connectivity index (χ4n) is 1.97. The Morgan fingerprint density at radius 1 is 1.30 bits per heavy atom. The number of likely N-dealkylation sites (N-methyl/N-ethyl adjacent to an activating group) is 1. The maximum Gasteiger partial charge on any atom is 0.409 e. The Morgan fingerprint density at radius 3 is 2.30 bits per heavy atom. The highest BCUT2D eigenvalue weighted by atomic mass is 28.3. The molecule has 0 saturated carbocycles. The van der Waals surface area contributed by atoms with Crippen LogP contribution in [0.25, 0.3) is 0 Å². The van der Waals surface area contributed by atoms with Crippen molar-refractivity contribution in [1.29, 1.82) is 0 Å². The summed E-state index contributed by atoms with van der Waals surface area (Å²) in [5.74, 6) is 0. The van der Waals surface area contributed by atoms with Gasteiger partial charge >= 0.3 is 12.2 Å². The third-order valence-electron chi connectivity index (χ3n) is 3.50. The smallest absolute Gasteiger partial charge is 0.409 e. The molecule has 0 saturated heterocycles. The highest BCUT2D eigenvalue weighted by molar-refractivity contribution is 6.76. The van der Waals surface area contributed by atoms with Gasteiger partial charge in [-0.05, 0) is 26.3 Å². The van der Waals surface area contributed by atoms with E-state index in [1.54, 1.807) is 14.2 Å². The van der Waals surface area contributed by atoms with Crippen molar-refractivity contribution >= 4 is 20.3 Å². The summed E-state index contributed by atoms with van der Waals surface area (Å²) in [5, 5.41) is 11.4. The molecule has 0 aromatic rings. The summed E-state index contributed by atoms with van der Waals surface area (Å²) >= 11 is 0. The maximum absolute atomic E-state index is 12.0. The molecule has 0 rings (SSSR count). The first-order chi connectivity index (χ1) is 10.4. The number of nitrogens with zero attached hydrogens (tertiary/aromatic N) is 1. The van der Waals surface area contributed by atoms with Crippen molar-refractivity contribution in [3.63, 3.8) is 0 Å². The minimum atomic E-state index is -1.25. The van der Waals surface area contributed by atoms with Crippen molar-refractivity contribution in [1.82, 2.24) is 10.2 Å². The molecular weight excluding hydrogens is 316 g/mol. The molecule has 0 radical (unpaired) electrons. The molecule has 7 nitrogen and oxygen atoms in total. The van der Waals surface area contributed by atoms with E-state index in [2.05, 4.69) is 25.0 Å². The second kappa shape index (κ2) is 9.12. The highest BCUT2D eigenvalue weighted by Gasteiger charge is 2.26. The lowest BCUT2D eigenvalue weighted by atomic mass is 9.98. The van der Waals surface area contributed by atoms with Gasteiger partial charge in [-0.25, -0.2) is 9.59 Å². The molecule has 2 amide bonds. The van der Waals surface area contributed by atoms with Gasteiger partial charge in [0.1, 0.15) is 0 Å². The standard InChI is InChI=1S/C15H32N2O5Si/c1-15(2,21-4)10-12(16-13(18)19)11-17(3)14(20)22-8-9-23(5,6)7/h12,16H,8-11H2,1-7H3,(H,18,19). The van der Waals surface area contributed by atoms with Gasteiger partial charge in [-0.15, -0.1) is 0 Å². The molecule has 0 spiro atoms. The number of hydrogen-bond donors (Lipinski definition) is 2. The molecule has 0 fully saturated rings. The summed E-state index contributed by atoms with van der Waals surface area (Å²) in [7, 11) is 1.93. The SMILES string of the molecule is COC(C)(C)CC(CN(C)C(=O)OCC[Si](C)(C)C)NC(=O)O. The van der Waals surface area contributed by atoms with E-state index < -0.39 is 31.9 Å². The van der Waals surface area contributed by atoms with E-state index in [0.29, 0.717) is 13.0 Å². The number of methoxy groups -OCH3 is 1. The average molecular weight is 349 g/mol. The molecule has 0 aliphatic carbocycles. The van der Waals surface area contributed by atoms with Crippen molar-refractivity contribution in [3.8, 4) is 0 Å². The number of nitrogens with one attached hydrogen (secondary N) is 1. The van der Waals surface area contributed by atoms with Crippen LogP contribution in [0.2, 0.25) is 25.7 Å². The van der Waals surface area contributed by atoms with E-state index in [1.165, 1.54) is 4.90 Å². The molecule has 0 bridgehead atoms. The minimum Gasteiger partial charge on any atom is -0.465 e. The zero-order chi connectivity index (χ0) is 18.3. The Labute approximate surface area is 140 Å². The number of amides is 2. The van der Waals surface area contributed by atoms with Gasteiger partial charge in [-0.2, -0.15) is 0 Å². The van der Waals surface area contributed by atoms with Crippen molar-refractivity contribution in [2.24, 2.45) is 0 Å². The van der Waals surface area contributed by atoms with Gasteiger partial charge in [0.25, 0.3) is 0 Å². The summed E-state index contributed by atoms with van der Waals surface area (Å²) in [6.45, 7) is 11.0. The van der Waals surface area contributed by atoms with E-state index in [4.69, 9.17) is 14.6 Å². The lowest BCUT2D eigenvalue weighted by Crippen LogP contribution is -2.47. The van der Waals surface area contributed by atoms with Gasteiger partial charge in [0.15, 0.2) is 0 Å². The summed E-state index contributed by atoms with van der Waals surface area (Å²) in [4.78, 5) is 24.3. The largest absolute Gasteiger partial charge is 0.465 e. The number of hydrogen-bond acceptors (Lipinski definition) is 4. The fraction of sp³-hybridized carbons (Fsp3) is 0.867. The zero-order valence-electron chi connectivity index (χ0n) is 15.4. The molecule has 23 heavy (non-hydrogen) atoms. The Balaban J connectivity index is 4.54. The first-order valence-corrected chi connectivity index (χ1v) is 11.5. The second-order valence-electron chi connectivity index (χ2n) is 7.62. The molecule has 0 aromatic heterocycles. The predicted molar refractivity (Wildman–Crippen MR) is 92.8 cm³/mol. The van der Waals surface area contributed by atoms with Crippen LogP contribution in [0, 0.1) is 0 Å². The van der Waals surface area contributed by atoms with Crippen LogP contribution in [0.3, 0.4) is 0 Å². The van der Waals surface area contributed by atoms with E-state index in [9.17, 15) is 9.59 Å². The molecule has 0 aliphatic heterocycles. The third-order valence-corrected chi connectivity index (χ3v) is 5.21. The van der Waals surface area contributed by atoms with Crippen molar-refractivity contribution in [2.45, 2.75) is 57.6 Å². The number of ether oxygens (including phenoxy) is 2. The van der Waals surface area contributed by atoms with Gasteiger partial charge in [0.05, 0.1) is 18.2 Å². The van der Waals surface area contributed by atoms with Gasteiger partial charge in [-0.3, -0.25) is 0 Å². The Morgan fingerprint density at radius 2 is 1.87 bits per heavy atom. The van der Waals surface area contributed by atoms with Gasteiger partial charge in [-0.1, -0.05) is 19.6 Å². The quantitative estimate of drug-likeness (QED) is 0.626. The molecule has 0 aromatic carbocycles. The topological polar surface area (TPSA) is 88.1 Å². The third kappa shape index (κ3) is 11.0. The van der Waals surface area contributed by atoms with E-state index in [1.807, 2.05) is 13.8 Å². The number of carbonyl (C=O) groups excluding carboxylic acids is 1. The summed E-state index contributed by atoms with van der Waals surface area (Å²) in [6, 6.07) is 0.470. The average Bonchev–Trinajstić information content (AvgIpc) is 2.35. The van der Waals surface area contributed by atoms with Gasteiger partial charge < -0.3 is 24.8 Å². The lowest BCUT2D eigenvalue weighted by molar-refractivity contribution is 0.00471. The molecule has 8 heteroatoms. The highest BCUT2D eigenvalue weighted by Crippen LogP contribution is 2.16. The molecule has 136 valence electrons. The van der Waals surface area contributed by atoms with Crippen LogP contribution in [0.5, 0.6) is 0 Å². The van der Waals surface area contributed by atoms with Crippen LogP contribution in [-0.2, 0) is 9.47 Å². The van der Waals surface area contributed by atoms with Crippen molar-refractivity contribution in [3.05, 3.63) is 0 Å². The van der Waals surface area contributed by atoms with Gasteiger partial charge in [0, 0.05) is 28.8 Å². The molecule has 1 unspecified atom stereocenters. The summed E-state index contributed by atoms with van der Waals surface area (Å²) in [5.41, 5.74) is -0.490. The zero-order valence-corrected chi connectivity index (χ0v) is 16.4. The van der Waals surface area contributed by atoms with Crippen LogP contribution in [0.15, 0.2) is 0 Å². The van der Waals surface area contributed by atoms with Crippen LogP contribution < -0.4 is 5.32 Å². The molecule has 0 heterocycles. The first kappa shape index (κ1) is 21.7. The number of rotatable bonds is 9. The van der Waals surface area contributed by atoms with Crippen LogP contribution in [0.4, 0.5) is 9.59 Å². The van der Waals surface area contributed by atoms with E-state index >= 15 is 0 Å². The van der Waals surface area contributed by atoms with E-state index in [0.717, 1.165) is 6.04 Å². The van der Waals surface area contributed by atoms with Crippen molar-refractivity contribution in [2.75, 3.05) is 27.3 Å². The Bertz CT molecular complexity index is 396. The van der Waals surface area contributed by atoms with Gasteiger partial charge in [0.2, 0.25) is 0 Å². The Hall–Kier alpha value is -1.28. The van der Waals surface area contributed by atoms with Crippen LogP contribution in [-0.4, -0.2) is 69.2 Å². The van der Waals surface area contributed by atoms with E-state index in [-0.39, 0.29) is 6.54 Å². The number of carboxylic acid groups (broad SMARTS) is 1. The van der Waals surface area contributed by atoms with Crippen LogP contribution in [0.1, 0.15) is 20.3 Å². The number of carbonyl (C=O) groups is 2. The molecule has 1 atom stereocenters. The summed E-state index contributed by atoms with van der Waals surface area (Å²) in [6.07, 6.45) is -1.11.